The van der Waals surface area contributed by atoms with Gasteiger partial charge in [0.05, 0.1) is 30.2 Å². The number of nitrogen functional groups attached to an aromatic ring is 1. The van der Waals surface area contributed by atoms with E-state index in [-0.39, 0.29) is 17.5 Å². The predicted octanol–water partition coefficient (Wildman–Crippen LogP) is 1.46. The standard InChI is InChI=1S/C20H27F3N6O3S/c1-33(30,31)29-4-2-27(3-5-29)12-15-13-28(6-7-32-15)14-8-18(25-10-14)16-11-26-19(24)9-17(16)20(21,22)23/h8-11,15,25H,2-7,12-13H2,1H3,(H2,24,26). The highest BCUT2D eigenvalue weighted by molar-refractivity contribution is 7.88. The van der Waals surface area contributed by atoms with E-state index in [1.165, 1.54) is 10.6 Å². The minimum Gasteiger partial charge on any atom is -0.384 e. The molecule has 9 nitrogen and oxygen atoms in total. The molecular formula is C20H27F3N6O3S. The summed E-state index contributed by atoms with van der Waals surface area (Å²) in [6.45, 7) is 4.51. The molecular weight excluding hydrogens is 461 g/mol. The summed E-state index contributed by atoms with van der Waals surface area (Å²) in [6, 6.07) is 2.51. The Labute approximate surface area is 190 Å². The van der Waals surface area contributed by atoms with Crippen molar-refractivity contribution in [3.63, 3.8) is 0 Å². The molecule has 1 atom stereocenters. The molecule has 0 radical (unpaired) electrons. The average Bonchev–Trinajstić information content (AvgIpc) is 3.23. The number of pyridine rings is 1. The van der Waals surface area contributed by atoms with E-state index < -0.39 is 21.8 Å². The lowest BCUT2D eigenvalue weighted by Crippen LogP contribution is -2.53. The van der Waals surface area contributed by atoms with Gasteiger partial charge >= 0.3 is 6.18 Å². The summed E-state index contributed by atoms with van der Waals surface area (Å²) in [5.41, 5.74) is 5.65. The number of alkyl halides is 3. The number of morpholine rings is 1. The molecule has 2 aromatic heterocycles. The van der Waals surface area contributed by atoms with Crippen LogP contribution in [0.4, 0.5) is 24.7 Å². The summed E-state index contributed by atoms with van der Waals surface area (Å²) < 4.78 is 71.2. The van der Waals surface area contributed by atoms with Gasteiger partial charge in [-0.3, -0.25) is 4.90 Å². The minimum atomic E-state index is -4.55. The first-order valence-electron chi connectivity index (χ1n) is 10.6. The van der Waals surface area contributed by atoms with Crippen LogP contribution in [0.25, 0.3) is 11.3 Å². The highest BCUT2D eigenvalue weighted by atomic mass is 32.2. The van der Waals surface area contributed by atoms with Crippen molar-refractivity contribution in [2.75, 3.05) is 69.3 Å². The number of piperazine rings is 1. The number of aromatic nitrogens is 2. The van der Waals surface area contributed by atoms with Crippen molar-refractivity contribution in [2.24, 2.45) is 0 Å². The molecule has 0 amide bonds. The summed E-state index contributed by atoms with van der Waals surface area (Å²) in [6.07, 6.45) is -0.618. The fourth-order valence-electron chi connectivity index (χ4n) is 4.24. The number of aromatic amines is 1. The Morgan fingerprint density at radius 1 is 1.21 bits per heavy atom. The number of H-pyrrole nitrogens is 1. The Balaban J connectivity index is 1.42. The van der Waals surface area contributed by atoms with Gasteiger partial charge in [0.25, 0.3) is 0 Å². The van der Waals surface area contributed by atoms with Crippen LogP contribution in [0, 0.1) is 0 Å². The van der Waals surface area contributed by atoms with Gasteiger partial charge in [0.2, 0.25) is 10.0 Å². The Morgan fingerprint density at radius 3 is 2.61 bits per heavy atom. The molecule has 4 rings (SSSR count). The number of nitrogens with two attached hydrogens (primary N) is 1. The summed E-state index contributed by atoms with van der Waals surface area (Å²) in [5, 5.41) is 0. The lowest BCUT2D eigenvalue weighted by atomic mass is 10.1. The summed E-state index contributed by atoms with van der Waals surface area (Å²) in [4.78, 5) is 11.0. The van der Waals surface area contributed by atoms with Crippen LogP contribution >= 0.6 is 0 Å². The number of hydrogen-bond donors (Lipinski definition) is 2. The molecule has 0 saturated carbocycles. The van der Waals surface area contributed by atoms with Crippen molar-refractivity contribution >= 4 is 21.5 Å². The molecule has 3 N–H and O–H groups in total. The quantitative estimate of drug-likeness (QED) is 0.656. The molecule has 13 heteroatoms. The van der Waals surface area contributed by atoms with Gasteiger partial charge in [-0.25, -0.2) is 13.4 Å². The molecule has 1 unspecified atom stereocenters. The third kappa shape index (κ3) is 5.60. The van der Waals surface area contributed by atoms with Crippen molar-refractivity contribution in [1.82, 2.24) is 19.2 Å². The monoisotopic (exact) mass is 488 g/mol. The molecule has 2 aliphatic heterocycles. The molecule has 0 aromatic carbocycles. The number of anilines is 2. The van der Waals surface area contributed by atoms with Gasteiger partial charge in [0.1, 0.15) is 5.82 Å². The number of ether oxygens (including phenoxy) is 1. The maximum Gasteiger partial charge on any atom is 0.417 e. The van der Waals surface area contributed by atoms with Crippen LogP contribution in [0.2, 0.25) is 0 Å². The zero-order valence-electron chi connectivity index (χ0n) is 18.2. The molecule has 182 valence electrons. The van der Waals surface area contributed by atoms with Gasteiger partial charge in [0.15, 0.2) is 0 Å². The maximum atomic E-state index is 13.5. The summed E-state index contributed by atoms with van der Waals surface area (Å²) in [7, 11) is -3.18. The highest BCUT2D eigenvalue weighted by Gasteiger charge is 2.35. The normalized spacial score (nSPS) is 21.5. The number of rotatable bonds is 5. The molecule has 2 saturated heterocycles. The Bertz CT molecular complexity index is 1080. The third-order valence-electron chi connectivity index (χ3n) is 5.95. The molecule has 0 bridgehead atoms. The van der Waals surface area contributed by atoms with Crippen LogP contribution in [-0.2, 0) is 20.9 Å². The average molecular weight is 489 g/mol. The first-order chi connectivity index (χ1) is 15.5. The van der Waals surface area contributed by atoms with Crippen LogP contribution in [-0.4, -0.2) is 92.4 Å². The van der Waals surface area contributed by atoms with Crippen molar-refractivity contribution in [3.8, 4) is 11.3 Å². The molecule has 2 fully saturated rings. The molecule has 2 aliphatic rings. The van der Waals surface area contributed by atoms with Crippen LogP contribution in [0.1, 0.15) is 5.56 Å². The van der Waals surface area contributed by atoms with E-state index in [1.54, 1.807) is 12.3 Å². The zero-order chi connectivity index (χ0) is 23.8. The first-order valence-corrected chi connectivity index (χ1v) is 12.4. The predicted molar refractivity (Wildman–Crippen MR) is 118 cm³/mol. The van der Waals surface area contributed by atoms with E-state index >= 15 is 0 Å². The molecule has 4 heterocycles. The van der Waals surface area contributed by atoms with E-state index in [4.69, 9.17) is 10.5 Å². The minimum absolute atomic E-state index is 0.0588. The molecule has 0 spiro atoms. The lowest BCUT2D eigenvalue weighted by molar-refractivity contribution is -0.137. The summed E-state index contributed by atoms with van der Waals surface area (Å²) >= 11 is 0. The third-order valence-corrected chi connectivity index (χ3v) is 7.26. The van der Waals surface area contributed by atoms with Crippen LogP contribution in [0.5, 0.6) is 0 Å². The molecule has 33 heavy (non-hydrogen) atoms. The fourth-order valence-corrected chi connectivity index (χ4v) is 5.06. The maximum absolute atomic E-state index is 13.5. The smallest absolute Gasteiger partial charge is 0.384 e. The van der Waals surface area contributed by atoms with Gasteiger partial charge in [-0.05, 0) is 12.1 Å². The molecule has 2 aromatic rings. The van der Waals surface area contributed by atoms with Gasteiger partial charge in [-0.1, -0.05) is 0 Å². The van der Waals surface area contributed by atoms with E-state index in [9.17, 15) is 21.6 Å². The Hall–Kier alpha value is -2.35. The highest BCUT2D eigenvalue weighted by Crippen LogP contribution is 2.38. The zero-order valence-corrected chi connectivity index (χ0v) is 19.0. The first kappa shape index (κ1) is 23.8. The number of nitrogens with one attached hydrogen (secondary N) is 1. The largest absolute Gasteiger partial charge is 0.417 e. The molecule has 0 aliphatic carbocycles. The second-order valence-corrected chi connectivity index (χ2v) is 10.3. The van der Waals surface area contributed by atoms with Crippen molar-refractivity contribution in [3.05, 3.63) is 30.1 Å². The number of halogens is 3. The topological polar surface area (TPSA) is 108 Å². The van der Waals surface area contributed by atoms with Crippen molar-refractivity contribution in [2.45, 2.75) is 12.3 Å². The second kappa shape index (κ2) is 9.12. The van der Waals surface area contributed by atoms with Crippen LogP contribution < -0.4 is 10.6 Å². The van der Waals surface area contributed by atoms with E-state index in [0.29, 0.717) is 58.1 Å². The van der Waals surface area contributed by atoms with Crippen LogP contribution in [0.3, 0.4) is 0 Å². The second-order valence-electron chi connectivity index (χ2n) is 8.33. The number of sulfonamides is 1. The van der Waals surface area contributed by atoms with Gasteiger partial charge < -0.3 is 20.4 Å². The Kier molecular flexibility index (Phi) is 6.58. The van der Waals surface area contributed by atoms with Gasteiger partial charge in [-0.2, -0.15) is 17.5 Å². The van der Waals surface area contributed by atoms with Gasteiger partial charge in [0, 0.05) is 69.5 Å². The Morgan fingerprint density at radius 2 is 1.94 bits per heavy atom. The number of hydrogen-bond acceptors (Lipinski definition) is 7. The van der Waals surface area contributed by atoms with Crippen molar-refractivity contribution < 1.29 is 26.3 Å². The fraction of sp³-hybridized carbons (Fsp3) is 0.550. The van der Waals surface area contributed by atoms with Crippen molar-refractivity contribution in [1.29, 1.82) is 0 Å². The van der Waals surface area contributed by atoms with Crippen LogP contribution in [0.15, 0.2) is 24.5 Å². The summed E-state index contributed by atoms with van der Waals surface area (Å²) in [5.74, 6) is -0.189. The van der Waals surface area contributed by atoms with E-state index in [0.717, 1.165) is 18.0 Å². The lowest BCUT2D eigenvalue weighted by Gasteiger charge is -2.39. The number of nitrogens with zero attached hydrogens (tertiary/aromatic N) is 4. The van der Waals surface area contributed by atoms with E-state index in [2.05, 4.69) is 19.8 Å². The SMILES string of the molecule is CS(=O)(=O)N1CCN(CC2CN(c3c[nH]c(-c4cnc(N)cc4C(F)(F)F)c3)CCO2)CC1. The van der Waals surface area contributed by atoms with E-state index in [1.807, 2.05) is 0 Å². The van der Waals surface area contributed by atoms with Gasteiger partial charge in [-0.15, -0.1) is 0 Å².